The summed E-state index contributed by atoms with van der Waals surface area (Å²) in [5.74, 6) is -0.705. The van der Waals surface area contributed by atoms with Gasteiger partial charge in [0.05, 0.1) is 11.3 Å². The van der Waals surface area contributed by atoms with Gasteiger partial charge < -0.3 is 24.7 Å². The predicted octanol–water partition coefficient (Wildman–Crippen LogP) is 2.64. The van der Waals surface area contributed by atoms with E-state index in [2.05, 4.69) is 20.0 Å². The Morgan fingerprint density at radius 2 is 2.00 bits per heavy atom. The monoisotopic (exact) mass is 435 g/mol. The van der Waals surface area contributed by atoms with Crippen LogP contribution in [0, 0.1) is 5.82 Å². The number of fused-ring (bicyclic) bond motifs is 2. The molecule has 32 heavy (non-hydrogen) atoms. The maximum atomic E-state index is 13.9. The zero-order valence-electron chi connectivity index (χ0n) is 17.5. The van der Waals surface area contributed by atoms with Gasteiger partial charge in [0.1, 0.15) is 17.2 Å². The first-order valence-corrected chi connectivity index (χ1v) is 10.4. The number of likely N-dealkylation sites (N-methyl/N-ethyl adjacent to an activating group) is 1. The molecular formula is C23H22FN5O3. The Bertz CT molecular complexity index is 1260. The minimum atomic E-state index is -0.429. The largest absolute Gasteiger partial charge is 0.494 e. The number of halogens is 1. The second-order valence-corrected chi connectivity index (χ2v) is 7.91. The lowest BCUT2D eigenvalue weighted by Gasteiger charge is -2.32. The molecule has 0 aliphatic carbocycles. The first kappa shape index (κ1) is 20.2. The van der Waals surface area contributed by atoms with E-state index in [1.54, 1.807) is 11.0 Å². The average Bonchev–Trinajstić information content (AvgIpc) is 3.30. The maximum Gasteiger partial charge on any atom is 0.263 e. The molecule has 9 heteroatoms. The van der Waals surface area contributed by atoms with Gasteiger partial charge in [0.15, 0.2) is 12.5 Å². The third-order valence-corrected chi connectivity index (χ3v) is 5.79. The molecule has 1 fully saturated rings. The number of H-pyrrole nitrogens is 1. The second kappa shape index (κ2) is 8.08. The van der Waals surface area contributed by atoms with Crippen LogP contribution in [0.1, 0.15) is 11.1 Å². The topological polar surface area (TPSA) is 93.5 Å². The highest BCUT2D eigenvalue weighted by atomic mass is 19.1. The van der Waals surface area contributed by atoms with Gasteiger partial charge in [-0.3, -0.25) is 4.79 Å². The number of aliphatic imine (C=N–C) groups is 1. The summed E-state index contributed by atoms with van der Waals surface area (Å²) < 4.78 is 13.9. The molecule has 1 aromatic heterocycles. The molecule has 3 aromatic rings. The number of aromatic hydroxyl groups is 1. The summed E-state index contributed by atoms with van der Waals surface area (Å²) in [6.07, 6.45) is 0. The van der Waals surface area contributed by atoms with Gasteiger partial charge in [-0.05, 0) is 31.3 Å². The van der Waals surface area contributed by atoms with E-state index in [4.69, 9.17) is 4.84 Å². The number of aromatic amines is 1. The molecule has 0 bridgehead atoms. The molecule has 0 radical (unpaired) electrons. The number of para-hydroxylation sites is 1. The Morgan fingerprint density at radius 1 is 1.22 bits per heavy atom. The number of amides is 1. The van der Waals surface area contributed by atoms with E-state index in [9.17, 15) is 14.3 Å². The Kier molecular flexibility index (Phi) is 5.10. The third kappa shape index (κ3) is 3.60. The molecular weight excluding hydrogens is 413 g/mol. The molecule has 2 aliphatic heterocycles. The minimum absolute atomic E-state index is 0.135. The lowest BCUT2D eigenvalue weighted by atomic mass is 10.0. The number of carbonyl (C=O) groups is 1. The SMILES string of the molecule is CN1CCN(C(=O)CO/N=C2/C(c3c(O)[nH]c4ccc(F)cc34)=Nc3ccccc32)CC1. The van der Waals surface area contributed by atoms with Gasteiger partial charge in [-0.15, -0.1) is 0 Å². The zero-order chi connectivity index (χ0) is 22.2. The first-order chi connectivity index (χ1) is 15.5. The number of oxime groups is 1. The highest BCUT2D eigenvalue weighted by Crippen LogP contribution is 2.35. The van der Waals surface area contributed by atoms with Gasteiger partial charge >= 0.3 is 0 Å². The second-order valence-electron chi connectivity index (χ2n) is 7.91. The summed E-state index contributed by atoms with van der Waals surface area (Å²) in [7, 11) is 2.02. The zero-order valence-corrected chi connectivity index (χ0v) is 17.5. The highest BCUT2D eigenvalue weighted by molar-refractivity contribution is 6.58. The van der Waals surface area contributed by atoms with Crippen molar-refractivity contribution in [2.24, 2.45) is 10.1 Å². The van der Waals surface area contributed by atoms with Crippen molar-refractivity contribution in [1.29, 1.82) is 0 Å². The molecule has 3 heterocycles. The van der Waals surface area contributed by atoms with Crippen LogP contribution in [0.15, 0.2) is 52.6 Å². The Labute approximate surface area is 183 Å². The molecule has 2 N–H and O–H groups in total. The summed E-state index contributed by atoms with van der Waals surface area (Å²) in [5, 5.41) is 15.3. The number of hydrogen-bond donors (Lipinski definition) is 2. The lowest BCUT2D eigenvalue weighted by molar-refractivity contribution is -0.137. The highest BCUT2D eigenvalue weighted by Gasteiger charge is 2.29. The van der Waals surface area contributed by atoms with Crippen LogP contribution in [0.5, 0.6) is 5.88 Å². The Balaban J connectivity index is 1.45. The number of carbonyl (C=O) groups excluding carboxylic acids is 1. The maximum absolute atomic E-state index is 13.9. The summed E-state index contributed by atoms with van der Waals surface area (Å²) in [5.41, 5.74) is 3.01. The number of aromatic nitrogens is 1. The van der Waals surface area contributed by atoms with Crippen molar-refractivity contribution in [3.05, 3.63) is 59.4 Å². The average molecular weight is 435 g/mol. The van der Waals surface area contributed by atoms with Crippen molar-refractivity contribution < 1.29 is 19.1 Å². The molecule has 2 aromatic carbocycles. The van der Waals surface area contributed by atoms with Crippen LogP contribution in [0.25, 0.3) is 10.9 Å². The van der Waals surface area contributed by atoms with E-state index in [0.717, 1.165) is 13.1 Å². The molecule has 1 amide bonds. The molecule has 1 saturated heterocycles. The fourth-order valence-electron chi connectivity index (χ4n) is 4.03. The third-order valence-electron chi connectivity index (χ3n) is 5.79. The van der Waals surface area contributed by atoms with Crippen molar-refractivity contribution in [3.63, 3.8) is 0 Å². The van der Waals surface area contributed by atoms with Gasteiger partial charge in [-0.2, -0.15) is 0 Å². The van der Waals surface area contributed by atoms with Crippen LogP contribution in [-0.2, 0) is 9.63 Å². The summed E-state index contributed by atoms with van der Waals surface area (Å²) in [6, 6.07) is 11.5. The number of benzene rings is 2. The van der Waals surface area contributed by atoms with Crippen LogP contribution in [0.4, 0.5) is 10.1 Å². The lowest BCUT2D eigenvalue weighted by Crippen LogP contribution is -2.48. The van der Waals surface area contributed by atoms with Gasteiger partial charge in [-0.1, -0.05) is 23.4 Å². The molecule has 8 nitrogen and oxygen atoms in total. The normalized spacial score (nSPS) is 17.6. The minimum Gasteiger partial charge on any atom is -0.494 e. The van der Waals surface area contributed by atoms with Crippen LogP contribution < -0.4 is 0 Å². The molecule has 0 spiro atoms. The van der Waals surface area contributed by atoms with Crippen molar-refractivity contribution >= 4 is 33.9 Å². The van der Waals surface area contributed by atoms with Gasteiger partial charge in [0.2, 0.25) is 0 Å². The molecule has 0 atom stereocenters. The van der Waals surface area contributed by atoms with Crippen LogP contribution >= 0.6 is 0 Å². The van der Waals surface area contributed by atoms with E-state index in [1.165, 1.54) is 12.1 Å². The first-order valence-electron chi connectivity index (χ1n) is 10.4. The standard InChI is InChI=1S/C23H22FN5O3/c1-28-8-10-29(11-9-28)19(30)13-32-27-21-15-4-2-3-5-17(15)25-22(21)20-16-12-14(24)6-7-18(16)26-23(20)31/h2-7,12,26,31H,8-11,13H2,1H3/b27-21+. The van der Waals surface area contributed by atoms with Crippen LogP contribution in [0.2, 0.25) is 0 Å². The Morgan fingerprint density at radius 3 is 2.81 bits per heavy atom. The van der Waals surface area contributed by atoms with Crippen molar-refractivity contribution in [2.75, 3.05) is 39.8 Å². The quantitative estimate of drug-likeness (QED) is 0.616. The van der Waals surface area contributed by atoms with Gasteiger partial charge in [0, 0.05) is 42.6 Å². The van der Waals surface area contributed by atoms with Crippen molar-refractivity contribution in [3.8, 4) is 5.88 Å². The van der Waals surface area contributed by atoms with E-state index in [-0.39, 0.29) is 18.4 Å². The predicted molar refractivity (Wildman–Crippen MR) is 119 cm³/mol. The van der Waals surface area contributed by atoms with Crippen LogP contribution in [0.3, 0.4) is 0 Å². The van der Waals surface area contributed by atoms with Crippen molar-refractivity contribution in [2.45, 2.75) is 0 Å². The molecule has 164 valence electrons. The van der Waals surface area contributed by atoms with E-state index >= 15 is 0 Å². The summed E-state index contributed by atoms with van der Waals surface area (Å²) in [4.78, 5) is 29.3. The Hall–Kier alpha value is -3.72. The number of nitrogens with zero attached hydrogens (tertiary/aromatic N) is 4. The number of nitrogens with one attached hydrogen (secondary N) is 1. The van der Waals surface area contributed by atoms with Gasteiger partial charge in [-0.25, -0.2) is 9.38 Å². The molecule has 5 rings (SSSR count). The van der Waals surface area contributed by atoms with Crippen LogP contribution in [-0.4, -0.2) is 77.1 Å². The van der Waals surface area contributed by atoms with E-state index in [1.807, 2.05) is 31.3 Å². The summed E-state index contributed by atoms with van der Waals surface area (Å²) >= 11 is 0. The number of piperazine rings is 1. The number of rotatable bonds is 4. The van der Waals surface area contributed by atoms with E-state index in [0.29, 0.717) is 52.2 Å². The van der Waals surface area contributed by atoms with Gasteiger partial charge in [0.25, 0.3) is 5.91 Å². The smallest absolute Gasteiger partial charge is 0.263 e. The molecule has 0 saturated carbocycles. The molecule has 2 aliphatic rings. The summed E-state index contributed by atoms with van der Waals surface area (Å²) in [6.45, 7) is 2.75. The van der Waals surface area contributed by atoms with E-state index < -0.39 is 5.82 Å². The fourth-order valence-corrected chi connectivity index (χ4v) is 4.03. The van der Waals surface area contributed by atoms with Crippen molar-refractivity contribution in [1.82, 2.24) is 14.8 Å². The fraction of sp³-hybridized carbons (Fsp3) is 0.261. The molecule has 0 unspecified atom stereocenters. The number of hydrogen-bond acceptors (Lipinski definition) is 6.